The third kappa shape index (κ3) is 3.79. The number of H-pyrrole nitrogens is 1. The van der Waals surface area contributed by atoms with Crippen LogP contribution in [0.3, 0.4) is 0 Å². The van der Waals surface area contributed by atoms with Crippen molar-refractivity contribution in [3.8, 4) is 28.6 Å². The number of nitrogens with zero attached hydrogens (tertiary/aromatic N) is 3. The maximum Gasteiger partial charge on any atom is 0.255 e. The zero-order valence-corrected chi connectivity index (χ0v) is 16.3. The van der Waals surface area contributed by atoms with E-state index in [1.54, 1.807) is 38.7 Å². The number of aromatic amines is 1. The lowest BCUT2D eigenvalue weighted by Crippen LogP contribution is -2.35. The van der Waals surface area contributed by atoms with Gasteiger partial charge in [0, 0.05) is 56.1 Å². The van der Waals surface area contributed by atoms with Crippen LogP contribution < -0.4 is 15.0 Å². The summed E-state index contributed by atoms with van der Waals surface area (Å²) in [5.41, 5.74) is 3.03. The van der Waals surface area contributed by atoms with E-state index in [1.807, 2.05) is 12.1 Å². The summed E-state index contributed by atoms with van der Waals surface area (Å²) in [7, 11) is 3.11. The number of hydrogen-bond acceptors (Lipinski definition) is 7. The molecule has 3 heterocycles. The summed E-state index contributed by atoms with van der Waals surface area (Å²) in [6, 6.07) is 6.77. The van der Waals surface area contributed by atoms with Gasteiger partial charge in [0.2, 0.25) is 0 Å². The van der Waals surface area contributed by atoms with Gasteiger partial charge < -0.3 is 19.6 Å². The minimum atomic E-state index is -0.129. The molecule has 0 atom stereocenters. The average Bonchev–Trinajstić information content (AvgIpc) is 2.75. The Kier molecular flexibility index (Phi) is 5.18. The average molecular weight is 394 g/mol. The smallest absolute Gasteiger partial charge is 0.255 e. The third-order valence-corrected chi connectivity index (χ3v) is 5.08. The first kappa shape index (κ1) is 18.9. The van der Waals surface area contributed by atoms with Crippen LogP contribution in [0.5, 0.6) is 17.2 Å². The largest absolute Gasteiger partial charge is 0.508 e. The quantitative estimate of drug-likeness (QED) is 0.684. The van der Waals surface area contributed by atoms with Crippen LogP contribution in [0.25, 0.3) is 11.4 Å². The molecule has 1 aromatic carbocycles. The van der Waals surface area contributed by atoms with Gasteiger partial charge in [0.05, 0.1) is 31.0 Å². The van der Waals surface area contributed by atoms with Gasteiger partial charge in [-0.2, -0.15) is 0 Å². The molecule has 0 spiro atoms. The van der Waals surface area contributed by atoms with E-state index < -0.39 is 0 Å². The molecule has 2 N–H and O–H groups in total. The fraction of sp³-hybridized carbons (Fsp3) is 0.286. The summed E-state index contributed by atoms with van der Waals surface area (Å²) in [5, 5.41) is 9.84. The lowest BCUT2D eigenvalue weighted by molar-refractivity contribution is 0.233. The Balaban J connectivity index is 1.61. The van der Waals surface area contributed by atoms with E-state index in [-0.39, 0.29) is 11.3 Å². The molecule has 1 aliphatic heterocycles. The van der Waals surface area contributed by atoms with Crippen LogP contribution in [-0.2, 0) is 19.5 Å². The Hall–Kier alpha value is -3.39. The minimum Gasteiger partial charge on any atom is -0.508 e. The summed E-state index contributed by atoms with van der Waals surface area (Å²) >= 11 is 0. The van der Waals surface area contributed by atoms with Gasteiger partial charge >= 0.3 is 0 Å². The Morgan fingerprint density at radius 1 is 1.17 bits per heavy atom. The number of ether oxygens (including phenoxy) is 2. The van der Waals surface area contributed by atoms with E-state index in [2.05, 4.69) is 19.9 Å². The number of aromatic nitrogens is 3. The summed E-state index contributed by atoms with van der Waals surface area (Å²) in [6.45, 7) is 1.74. The summed E-state index contributed by atoms with van der Waals surface area (Å²) in [6.07, 6.45) is 4.02. The van der Waals surface area contributed by atoms with Gasteiger partial charge in [-0.1, -0.05) is 0 Å². The van der Waals surface area contributed by atoms with Crippen molar-refractivity contribution in [2.45, 2.75) is 19.5 Å². The second-order valence-electron chi connectivity index (χ2n) is 6.87. The molecule has 0 saturated carbocycles. The first-order valence-corrected chi connectivity index (χ1v) is 9.27. The molecule has 4 rings (SSSR count). The van der Waals surface area contributed by atoms with Gasteiger partial charge in [-0.15, -0.1) is 0 Å². The Labute approximate surface area is 167 Å². The number of benzene rings is 1. The number of fused-ring (bicyclic) bond motifs is 1. The second kappa shape index (κ2) is 7.92. The maximum absolute atomic E-state index is 12.7. The highest BCUT2D eigenvalue weighted by Crippen LogP contribution is 2.35. The molecule has 0 amide bonds. The number of nitrogens with one attached hydrogen (secondary N) is 1. The molecule has 0 fully saturated rings. The van der Waals surface area contributed by atoms with Crippen LogP contribution in [-0.4, -0.2) is 45.7 Å². The fourth-order valence-corrected chi connectivity index (χ4v) is 3.61. The zero-order valence-electron chi connectivity index (χ0n) is 16.3. The minimum absolute atomic E-state index is 0.0794. The Morgan fingerprint density at radius 3 is 2.52 bits per heavy atom. The van der Waals surface area contributed by atoms with Crippen LogP contribution in [0, 0.1) is 0 Å². The van der Waals surface area contributed by atoms with Gasteiger partial charge in [0.25, 0.3) is 5.56 Å². The second-order valence-corrected chi connectivity index (χ2v) is 6.87. The molecule has 29 heavy (non-hydrogen) atoms. The predicted molar refractivity (Wildman–Crippen MR) is 107 cm³/mol. The fourth-order valence-electron chi connectivity index (χ4n) is 3.61. The van der Waals surface area contributed by atoms with Crippen molar-refractivity contribution < 1.29 is 14.6 Å². The molecule has 8 heteroatoms. The van der Waals surface area contributed by atoms with Gasteiger partial charge in [-0.25, -0.2) is 4.98 Å². The SMILES string of the molecule is COc1cc(O)cc(OC)c1CN1CCc2nc(-c3ccncc3)[nH]c(=O)c2C1. The third-order valence-electron chi connectivity index (χ3n) is 5.08. The first-order chi connectivity index (χ1) is 14.1. The monoisotopic (exact) mass is 394 g/mol. The summed E-state index contributed by atoms with van der Waals surface area (Å²) in [5.74, 6) is 1.74. The van der Waals surface area contributed by atoms with Crippen molar-refractivity contribution in [3.63, 3.8) is 0 Å². The number of rotatable bonds is 5. The molecule has 150 valence electrons. The molecular weight excluding hydrogens is 372 g/mol. The van der Waals surface area contributed by atoms with Crippen LogP contribution in [0.4, 0.5) is 0 Å². The van der Waals surface area contributed by atoms with Crippen molar-refractivity contribution >= 4 is 0 Å². The van der Waals surface area contributed by atoms with E-state index in [9.17, 15) is 9.90 Å². The van der Waals surface area contributed by atoms with Crippen molar-refractivity contribution in [3.05, 3.63) is 63.8 Å². The first-order valence-electron chi connectivity index (χ1n) is 9.27. The summed E-state index contributed by atoms with van der Waals surface area (Å²) in [4.78, 5) is 26.4. The van der Waals surface area contributed by atoms with E-state index >= 15 is 0 Å². The van der Waals surface area contributed by atoms with Gasteiger partial charge in [-0.3, -0.25) is 14.7 Å². The Bertz CT molecular complexity index is 1060. The lowest BCUT2D eigenvalue weighted by Gasteiger charge is -2.28. The maximum atomic E-state index is 12.7. The van der Waals surface area contributed by atoms with E-state index in [0.717, 1.165) is 23.4 Å². The van der Waals surface area contributed by atoms with E-state index in [0.29, 0.717) is 42.4 Å². The topological polar surface area (TPSA) is 101 Å². The highest BCUT2D eigenvalue weighted by Gasteiger charge is 2.24. The van der Waals surface area contributed by atoms with Crippen LogP contribution >= 0.6 is 0 Å². The van der Waals surface area contributed by atoms with E-state index in [4.69, 9.17) is 9.47 Å². The van der Waals surface area contributed by atoms with Gasteiger partial charge in [0.1, 0.15) is 23.1 Å². The van der Waals surface area contributed by atoms with Crippen molar-refractivity contribution in [2.24, 2.45) is 0 Å². The molecule has 0 unspecified atom stereocenters. The number of aromatic hydroxyl groups is 1. The normalized spacial score (nSPS) is 13.7. The number of phenolic OH excluding ortho intramolecular Hbond substituents is 1. The van der Waals surface area contributed by atoms with Crippen molar-refractivity contribution in [1.82, 2.24) is 19.9 Å². The molecule has 0 bridgehead atoms. The standard InChI is InChI=1S/C21H22N4O4/c1-28-18-9-14(26)10-19(29-2)16(18)12-25-8-5-17-15(11-25)21(27)24-20(23-17)13-3-6-22-7-4-13/h3-4,6-7,9-10,26H,5,8,11-12H2,1-2H3,(H,23,24,27). The highest BCUT2D eigenvalue weighted by atomic mass is 16.5. The van der Waals surface area contributed by atoms with Crippen LogP contribution in [0.2, 0.25) is 0 Å². The number of phenols is 1. The highest BCUT2D eigenvalue weighted by molar-refractivity contribution is 5.54. The molecular formula is C21H22N4O4. The molecule has 8 nitrogen and oxygen atoms in total. The van der Waals surface area contributed by atoms with Gasteiger partial charge in [0.15, 0.2) is 0 Å². The van der Waals surface area contributed by atoms with Crippen LogP contribution in [0.15, 0.2) is 41.5 Å². The molecule has 1 aliphatic rings. The lowest BCUT2D eigenvalue weighted by atomic mass is 10.0. The molecule has 2 aromatic heterocycles. The number of pyridine rings is 1. The zero-order chi connectivity index (χ0) is 20.4. The summed E-state index contributed by atoms with van der Waals surface area (Å²) < 4.78 is 10.8. The van der Waals surface area contributed by atoms with Crippen molar-refractivity contribution in [1.29, 1.82) is 0 Å². The molecule has 0 aliphatic carbocycles. The Morgan fingerprint density at radius 2 is 1.86 bits per heavy atom. The number of hydrogen-bond donors (Lipinski definition) is 2. The van der Waals surface area contributed by atoms with Crippen molar-refractivity contribution in [2.75, 3.05) is 20.8 Å². The van der Waals surface area contributed by atoms with Gasteiger partial charge in [-0.05, 0) is 12.1 Å². The predicted octanol–water partition coefficient (Wildman–Crippen LogP) is 2.11. The molecule has 3 aromatic rings. The van der Waals surface area contributed by atoms with Crippen LogP contribution in [0.1, 0.15) is 16.8 Å². The number of methoxy groups -OCH3 is 2. The molecule has 0 saturated heterocycles. The van der Waals surface area contributed by atoms with E-state index in [1.165, 1.54) is 0 Å². The molecule has 0 radical (unpaired) electrons.